The van der Waals surface area contributed by atoms with Crippen LogP contribution in [0, 0.1) is 5.92 Å². The summed E-state index contributed by atoms with van der Waals surface area (Å²) in [4.78, 5) is 12.4. The second-order valence-corrected chi connectivity index (χ2v) is 6.65. The predicted molar refractivity (Wildman–Crippen MR) is 98.3 cm³/mol. The van der Waals surface area contributed by atoms with E-state index in [9.17, 15) is 4.79 Å². The number of ether oxygens (including phenoxy) is 2. The van der Waals surface area contributed by atoms with E-state index >= 15 is 0 Å². The maximum Gasteiger partial charge on any atom is 0.341 e. The van der Waals surface area contributed by atoms with Gasteiger partial charge in [0.1, 0.15) is 0 Å². The third kappa shape index (κ3) is 3.47. The van der Waals surface area contributed by atoms with Gasteiger partial charge in [0.2, 0.25) is 0 Å². The normalized spacial score (nSPS) is 20.2. The first kappa shape index (κ1) is 17.7. The number of carbonyl (C=O) groups excluding carboxylic acids is 1. The van der Waals surface area contributed by atoms with E-state index in [1.165, 1.54) is 12.8 Å². The summed E-state index contributed by atoms with van der Waals surface area (Å²) in [5.41, 5.74) is 2.25. The van der Waals surface area contributed by atoms with Crippen molar-refractivity contribution in [3.63, 3.8) is 0 Å². The Morgan fingerprint density at radius 1 is 1.04 bits per heavy atom. The fourth-order valence-corrected chi connectivity index (χ4v) is 3.38. The molecule has 2 atom stereocenters. The third-order valence-corrected chi connectivity index (χ3v) is 4.96. The van der Waals surface area contributed by atoms with Gasteiger partial charge in [0.15, 0.2) is 0 Å². The predicted octanol–water partition coefficient (Wildman–Crippen LogP) is 5.29. The number of unbranched alkanes of at least 4 members (excludes halogenated alkanes) is 1. The first-order valence-electron chi connectivity index (χ1n) is 9.23. The molecule has 1 heterocycles. The van der Waals surface area contributed by atoms with Crippen LogP contribution in [0.25, 0.3) is 0 Å². The smallest absolute Gasteiger partial charge is 0.341 e. The van der Waals surface area contributed by atoms with Gasteiger partial charge in [-0.1, -0.05) is 81.6 Å². The van der Waals surface area contributed by atoms with Crippen molar-refractivity contribution in [2.45, 2.75) is 45.3 Å². The topological polar surface area (TPSA) is 35.5 Å². The van der Waals surface area contributed by atoms with Gasteiger partial charge in [-0.3, -0.25) is 0 Å². The lowest BCUT2D eigenvalue weighted by Gasteiger charge is -2.31. The lowest BCUT2D eigenvalue weighted by Crippen LogP contribution is -2.33. The zero-order chi connectivity index (χ0) is 17.7. The Morgan fingerprint density at radius 2 is 1.76 bits per heavy atom. The highest BCUT2D eigenvalue weighted by atomic mass is 16.7. The molecule has 0 unspecified atom stereocenters. The molecule has 0 spiro atoms. The largest absolute Gasteiger partial charge is 0.420 e. The molecule has 25 heavy (non-hydrogen) atoms. The van der Waals surface area contributed by atoms with Gasteiger partial charge >= 0.3 is 5.97 Å². The Kier molecular flexibility index (Phi) is 5.54. The third-order valence-electron chi connectivity index (χ3n) is 4.96. The first-order valence-corrected chi connectivity index (χ1v) is 9.23. The SMILES string of the molecule is CCCC[C@@H](CC)CO[C@@]1(c2ccccc2)OC(=O)c2ccccc21. The molecule has 2 aromatic rings. The van der Waals surface area contributed by atoms with Gasteiger partial charge in [-0.05, 0) is 18.4 Å². The Morgan fingerprint density at radius 3 is 2.48 bits per heavy atom. The van der Waals surface area contributed by atoms with Crippen molar-refractivity contribution in [1.82, 2.24) is 0 Å². The fourth-order valence-electron chi connectivity index (χ4n) is 3.38. The number of fused-ring (bicyclic) bond motifs is 1. The van der Waals surface area contributed by atoms with E-state index in [1.807, 2.05) is 48.5 Å². The summed E-state index contributed by atoms with van der Waals surface area (Å²) in [6.45, 7) is 4.97. The molecule has 3 rings (SSSR count). The average molecular weight is 338 g/mol. The highest BCUT2D eigenvalue weighted by Crippen LogP contribution is 2.43. The highest BCUT2D eigenvalue weighted by Gasteiger charge is 2.48. The van der Waals surface area contributed by atoms with E-state index in [1.54, 1.807) is 6.07 Å². The number of esters is 1. The summed E-state index contributed by atoms with van der Waals surface area (Å²) in [5.74, 6) is -0.984. The maximum absolute atomic E-state index is 12.4. The van der Waals surface area contributed by atoms with Crippen molar-refractivity contribution in [2.24, 2.45) is 5.92 Å². The number of rotatable bonds is 8. The van der Waals surface area contributed by atoms with Crippen LogP contribution < -0.4 is 0 Å². The molecule has 1 aliphatic rings. The summed E-state index contributed by atoms with van der Waals surface area (Å²) in [6, 6.07) is 17.3. The maximum atomic E-state index is 12.4. The van der Waals surface area contributed by atoms with Gasteiger partial charge in [-0.25, -0.2) is 4.79 Å². The summed E-state index contributed by atoms with van der Waals surface area (Å²) < 4.78 is 12.2. The monoisotopic (exact) mass is 338 g/mol. The van der Waals surface area contributed by atoms with Crippen molar-refractivity contribution < 1.29 is 14.3 Å². The fraction of sp³-hybridized carbons (Fsp3) is 0.409. The molecular weight excluding hydrogens is 312 g/mol. The van der Waals surface area contributed by atoms with Crippen molar-refractivity contribution in [1.29, 1.82) is 0 Å². The molecule has 132 valence electrons. The highest BCUT2D eigenvalue weighted by molar-refractivity contribution is 5.95. The van der Waals surface area contributed by atoms with E-state index in [0.29, 0.717) is 18.1 Å². The number of hydrogen-bond donors (Lipinski definition) is 0. The number of carbonyl (C=O) groups is 1. The van der Waals surface area contributed by atoms with Gasteiger partial charge in [0, 0.05) is 11.1 Å². The van der Waals surface area contributed by atoms with E-state index in [-0.39, 0.29) is 5.97 Å². The van der Waals surface area contributed by atoms with Crippen LogP contribution in [0.5, 0.6) is 0 Å². The van der Waals surface area contributed by atoms with Crippen molar-refractivity contribution >= 4 is 5.97 Å². The van der Waals surface area contributed by atoms with Gasteiger partial charge in [0.05, 0.1) is 12.2 Å². The second kappa shape index (κ2) is 7.83. The number of hydrogen-bond acceptors (Lipinski definition) is 3. The van der Waals surface area contributed by atoms with Gasteiger partial charge in [0.25, 0.3) is 5.79 Å². The van der Waals surface area contributed by atoms with Crippen LogP contribution in [-0.4, -0.2) is 12.6 Å². The molecule has 0 radical (unpaired) electrons. The standard InChI is InChI=1S/C22H26O3/c1-3-5-11-17(4-2)16-24-22(18-12-7-6-8-13-18)20-15-10-9-14-19(20)21(23)25-22/h6-10,12-15,17H,3-5,11,16H2,1-2H3/t17-,22+/m1/s1. The Hall–Kier alpha value is -2.13. The molecule has 0 saturated carbocycles. The minimum Gasteiger partial charge on any atom is -0.420 e. The van der Waals surface area contributed by atoms with Gasteiger partial charge < -0.3 is 9.47 Å². The molecule has 0 aromatic heterocycles. The van der Waals surface area contributed by atoms with Crippen LogP contribution in [-0.2, 0) is 15.3 Å². The van der Waals surface area contributed by atoms with Crippen LogP contribution >= 0.6 is 0 Å². The molecule has 0 saturated heterocycles. The molecule has 0 bridgehead atoms. The van der Waals surface area contributed by atoms with Crippen LogP contribution in [0.1, 0.15) is 61.0 Å². The van der Waals surface area contributed by atoms with E-state index in [0.717, 1.165) is 24.0 Å². The molecule has 3 nitrogen and oxygen atoms in total. The lowest BCUT2D eigenvalue weighted by atomic mass is 9.94. The molecule has 0 N–H and O–H groups in total. The van der Waals surface area contributed by atoms with Crippen LogP contribution in [0.3, 0.4) is 0 Å². The molecule has 3 heteroatoms. The van der Waals surface area contributed by atoms with Gasteiger partial charge in [-0.15, -0.1) is 0 Å². The summed E-state index contributed by atoms with van der Waals surface area (Å²) in [6.07, 6.45) is 4.56. The van der Waals surface area contributed by atoms with Crippen molar-refractivity contribution in [2.75, 3.05) is 6.61 Å². The number of cyclic esters (lactones) is 1. The second-order valence-electron chi connectivity index (χ2n) is 6.65. The van der Waals surface area contributed by atoms with Crippen molar-refractivity contribution in [3.05, 3.63) is 71.3 Å². The van der Waals surface area contributed by atoms with E-state index in [4.69, 9.17) is 9.47 Å². The van der Waals surface area contributed by atoms with Crippen LogP contribution in [0.4, 0.5) is 0 Å². The molecule has 1 aliphatic heterocycles. The minimum atomic E-state index is -1.13. The summed E-state index contributed by atoms with van der Waals surface area (Å²) >= 11 is 0. The molecule has 0 aliphatic carbocycles. The van der Waals surface area contributed by atoms with Crippen molar-refractivity contribution in [3.8, 4) is 0 Å². The van der Waals surface area contributed by atoms with E-state index in [2.05, 4.69) is 13.8 Å². The Balaban J connectivity index is 1.94. The summed E-state index contributed by atoms with van der Waals surface area (Å²) in [7, 11) is 0. The first-order chi connectivity index (χ1) is 12.2. The zero-order valence-electron chi connectivity index (χ0n) is 15.0. The van der Waals surface area contributed by atoms with E-state index < -0.39 is 5.79 Å². The average Bonchev–Trinajstić information content (AvgIpc) is 2.96. The molecule has 2 aromatic carbocycles. The molecule has 0 amide bonds. The van der Waals surface area contributed by atoms with Crippen LogP contribution in [0.15, 0.2) is 54.6 Å². The summed E-state index contributed by atoms with van der Waals surface area (Å²) in [5, 5.41) is 0. The zero-order valence-corrected chi connectivity index (χ0v) is 15.0. The number of benzene rings is 2. The minimum absolute atomic E-state index is 0.318. The Bertz CT molecular complexity index is 710. The Labute approximate surface area is 150 Å². The molecule has 0 fully saturated rings. The lowest BCUT2D eigenvalue weighted by molar-refractivity contribution is -0.182. The van der Waals surface area contributed by atoms with Gasteiger partial charge in [-0.2, -0.15) is 0 Å². The quantitative estimate of drug-likeness (QED) is 0.613. The molecular formula is C22H26O3. The van der Waals surface area contributed by atoms with Crippen LogP contribution in [0.2, 0.25) is 0 Å².